The summed E-state index contributed by atoms with van der Waals surface area (Å²) in [6.45, 7) is 9.53. The molecular formula is C32H32FN5O6. The van der Waals surface area contributed by atoms with Crippen molar-refractivity contribution in [3.05, 3.63) is 71.1 Å². The number of halogens is 1. The van der Waals surface area contributed by atoms with Crippen LogP contribution < -0.4 is 14.4 Å². The molecule has 3 aromatic heterocycles. The van der Waals surface area contributed by atoms with Crippen LogP contribution in [0.1, 0.15) is 56.1 Å². The molecule has 0 bridgehead atoms. The molecule has 1 aromatic carbocycles. The van der Waals surface area contributed by atoms with Crippen LogP contribution in [0.3, 0.4) is 0 Å². The number of hydrogen-bond acceptors (Lipinski definition) is 9. The Morgan fingerprint density at radius 3 is 2.61 bits per heavy atom. The van der Waals surface area contributed by atoms with Crippen molar-refractivity contribution in [1.29, 1.82) is 0 Å². The van der Waals surface area contributed by atoms with E-state index in [1.165, 1.54) is 23.4 Å². The van der Waals surface area contributed by atoms with Crippen LogP contribution in [0.25, 0.3) is 22.9 Å². The molecule has 0 spiro atoms. The largest absolute Gasteiger partial charge is 0.493 e. The standard InChI is InChI=1S/C32H32FN5O6/c1-6-41-27(39)12-8-20-7-9-21(18(2)35-20)22-13-26-30(38-17-34-36-29(22)38)37(31(40)44-32(3,4)5)14-23-24(33)10-11-25-28(23)19(15-42-25)16-43-26/h7-13,17,19H,6,14-16H2,1-5H3/b12-8+/t19-/m1/s1. The molecule has 0 radical (unpaired) electrons. The molecule has 11 nitrogen and oxygen atoms in total. The highest BCUT2D eigenvalue weighted by Gasteiger charge is 2.37. The van der Waals surface area contributed by atoms with Crippen molar-refractivity contribution in [2.75, 3.05) is 24.7 Å². The molecule has 2 aliphatic heterocycles. The van der Waals surface area contributed by atoms with E-state index >= 15 is 4.39 Å². The monoisotopic (exact) mass is 601 g/mol. The molecule has 44 heavy (non-hydrogen) atoms. The number of fused-ring (bicyclic) bond motifs is 3. The van der Waals surface area contributed by atoms with Crippen LogP contribution in [0.2, 0.25) is 0 Å². The zero-order chi connectivity index (χ0) is 31.2. The summed E-state index contributed by atoms with van der Waals surface area (Å²) >= 11 is 0. The zero-order valence-electron chi connectivity index (χ0n) is 25.1. The van der Waals surface area contributed by atoms with Gasteiger partial charge in [-0.05, 0) is 65.0 Å². The Morgan fingerprint density at radius 1 is 1.11 bits per heavy atom. The predicted octanol–water partition coefficient (Wildman–Crippen LogP) is 5.63. The van der Waals surface area contributed by atoms with Crippen LogP contribution in [0.5, 0.6) is 11.5 Å². The van der Waals surface area contributed by atoms with Crippen molar-refractivity contribution < 1.29 is 32.9 Å². The number of aryl methyl sites for hydroxylation is 1. The summed E-state index contributed by atoms with van der Waals surface area (Å²) in [7, 11) is 0. The summed E-state index contributed by atoms with van der Waals surface area (Å²) in [4.78, 5) is 31.6. The molecule has 6 rings (SSSR count). The van der Waals surface area contributed by atoms with Crippen molar-refractivity contribution >= 4 is 29.6 Å². The highest BCUT2D eigenvalue weighted by atomic mass is 19.1. The second kappa shape index (κ2) is 11.3. The number of carbonyl (C=O) groups excluding carboxylic acids is 2. The molecule has 228 valence electrons. The molecule has 0 fully saturated rings. The van der Waals surface area contributed by atoms with Crippen LogP contribution in [-0.2, 0) is 20.8 Å². The highest BCUT2D eigenvalue weighted by molar-refractivity contribution is 5.92. The molecule has 5 heterocycles. The first kappa shape index (κ1) is 29.1. The maximum absolute atomic E-state index is 15.5. The van der Waals surface area contributed by atoms with Crippen LogP contribution >= 0.6 is 0 Å². The lowest BCUT2D eigenvalue weighted by Gasteiger charge is -2.29. The van der Waals surface area contributed by atoms with Gasteiger partial charge in [-0.25, -0.2) is 14.0 Å². The van der Waals surface area contributed by atoms with E-state index in [9.17, 15) is 9.59 Å². The van der Waals surface area contributed by atoms with Gasteiger partial charge in [0.25, 0.3) is 0 Å². The molecule has 0 N–H and O–H groups in total. The molecular weight excluding hydrogens is 569 g/mol. The number of ether oxygens (including phenoxy) is 4. The van der Waals surface area contributed by atoms with Gasteiger partial charge in [0.2, 0.25) is 0 Å². The maximum Gasteiger partial charge on any atom is 0.416 e. The number of anilines is 1. The normalized spacial score (nSPS) is 16.0. The Morgan fingerprint density at radius 2 is 1.89 bits per heavy atom. The van der Waals surface area contributed by atoms with Crippen LogP contribution in [-0.4, -0.2) is 57.1 Å². The highest BCUT2D eigenvalue weighted by Crippen LogP contribution is 2.44. The van der Waals surface area contributed by atoms with E-state index in [4.69, 9.17) is 18.9 Å². The summed E-state index contributed by atoms with van der Waals surface area (Å²) in [5, 5.41) is 8.53. The van der Waals surface area contributed by atoms with Gasteiger partial charge in [-0.3, -0.25) is 14.3 Å². The van der Waals surface area contributed by atoms with E-state index in [-0.39, 0.29) is 25.7 Å². The maximum atomic E-state index is 15.5. The minimum Gasteiger partial charge on any atom is -0.493 e. The van der Waals surface area contributed by atoms with E-state index in [0.29, 0.717) is 57.6 Å². The van der Waals surface area contributed by atoms with Gasteiger partial charge in [0.05, 0.1) is 38.0 Å². The fraction of sp³-hybridized carbons (Fsp3) is 0.344. The number of amides is 1. The lowest BCUT2D eigenvalue weighted by Crippen LogP contribution is -2.38. The Bertz CT molecular complexity index is 1810. The Hall–Kier alpha value is -5.00. The summed E-state index contributed by atoms with van der Waals surface area (Å²) in [5.74, 6) is 0.0695. The van der Waals surface area contributed by atoms with Crippen LogP contribution in [0, 0.1) is 12.7 Å². The van der Waals surface area contributed by atoms with Crippen LogP contribution in [0.4, 0.5) is 15.0 Å². The Labute approximate surface area is 253 Å². The van der Waals surface area contributed by atoms with Crippen molar-refractivity contribution in [3.8, 4) is 22.6 Å². The van der Waals surface area contributed by atoms with Gasteiger partial charge in [-0.15, -0.1) is 10.2 Å². The first-order chi connectivity index (χ1) is 21.0. The first-order valence-corrected chi connectivity index (χ1v) is 14.3. The van der Waals surface area contributed by atoms with E-state index in [2.05, 4.69) is 15.2 Å². The SMILES string of the molecule is CCOC(=O)/C=C/c1ccc(-c2cc3c(n4cnnc24)N(C(=O)OC(C)(C)C)Cc2c(F)ccc4c2[C@H](CO4)CO3)c(C)n1. The molecule has 2 aliphatic rings. The summed E-state index contributed by atoms with van der Waals surface area (Å²) < 4.78 is 40.2. The zero-order valence-corrected chi connectivity index (χ0v) is 25.1. The van der Waals surface area contributed by atoms with Gasteiger partial charge < -0.3 is 18.9 Å². The third kappa shape index (κ3) is 5.43. The lowest BCUT2D eigenvalue weighted by molar-refractivity contribution is -0.137. The number of carbonyl (C=O) groups is 2. The molecule has 0 aliphatic carbocycles. The van der Waals surface area contributed by atoms with Crippen molar-refractivity contribution in [3.63, 3.8) is 0 Å². The van der Waals surface area contributed by atoms with E-state index < -0.39 is 23.5 Å². The van der Waals surface area contributed by atoms with Gasteiger partial charge in [-0.2, -0.15) is 0 Å². The summed E-state index contributed by atoms with van der Waals surface area (Å²) in [6.07, 6.45) is 3.71. The fourth-order valence-corrected chi connectivity index (χ4v) is 5.47. The van der Waals surface area contributed by atoms with Gasteiger partial charge in [0, 0.05) is 34.0 Å². The van der Waals surface area contributed by atoms with Gasteiger partial charge >= 0.3 is 12.1 Å². The third-order valence-electron chi connectivity index (χ3n) is 7.32. The number of hydrogen-bond donors (Lipinski definition) is 0. The molecule has 0 saturated carbocycles. The minimum absolute atomic E-state index is 0.130. The number of pyridine rings is 2. The molecule has 0 unspecified atom stereocenters. The molecule has 4 aromatic rings. The average molecular weight is 602 g/mol. The second-order valence-corrected chi connectivity index (χ2v) is 11.5. The third-order valence-corrected chi connectivity index (χ3v) is 7.32. The molecule has 1 amide bonds. The average Bonchev–Trinajstić information content (AvgIpc) is 3.62. The van der Waals surface area contributed by atoms with Crippen molar-refractivity contribution in [2.24, 2.45) is 0 Å². The van der Waals surface area contributed by atoms with Crippen LogP contribution in [0.15, 0.2) is 42.7 Å². The lowest BCUT2D eigenvalue weighted by atomic mass is 9.95. The van der Waals surface area contributed by atoms with Gasteiger partial charge in [-0.1, -0.05) is 6.07 Å². The van der Waals surface area contributed by atoms with E-state index in [1.54, 1.807) is 56.4 Å². The topological polar surface area (TPSA) is 117 Å². The summed E-state index contributed by atoms with van der Waals surface area (Å²) in [6, 6.07) is 8.39. The minimum atomic E-state index is -0.822. The fourth-order valence-electron chi connectivity index (χ4n) is 5.47. The second-order valence-electron chi connectivity index (χ2n) is 11.5. The molecule has 0 saturated heterocycles. The smallest absolute Gasteiger partial charge is 0.416 e. The van der Waals surface area contributed by atoms with Gasteiger partial charge in [0.1, 0.15) is 23.5 Å². The Kier molecular flexibility index (Phi) is 7.44. The number of rotatable bonds is 4. The molecule has 1 atom stereocenters. The van der Waals surface area contributed by atoms with Crippen molar-refractivity contribution in [2.45, 2.75) is 52.7 Å². The van der Waals surface area contributed by atoms with E-state index in [0.717, 1.165) is 5.56 Å². The summed E-state index contributed by atoms with van der Waals surface area (Å²) in [5.41, 5.74) is 3.26. The predicted molar refractivity (Wildman–Crippen MR) is 159 cm³/mol. The van der Waals surface area contributed by atoms with E-state index in [1.807, 2.05) is 13.0 Å². The number of aromatic nitrogens is 4. The van der Waals surface area contributed by atoms with Crippen molar-refractivity contribution in [1.82, 2.24) is 19.6 Å². The number of benzene rings is 1. The number of nitrogens with zero attached hydrogens (tertiary/aromatic N) is 5. The molecule has 12 heteroatoms. The first-order valence-electron chi connectivity index (χ1n) is 14.3. The quantitative estimate of drug-likeness (QED) is 0.217. The van der Waals surface area contributed by atoms with Gasteiger partial charge in [0.15, 0.2) is 17.2 Å². The Balaban J connectivity index is 1.50. The number of esters is 1.